The maximum Gasteiger partial charge on any atom is 0.243 e. The maximum atomic E-state index is 12.6. The molecule has 1 aliphatic heterocycles. The molecule has 1 aromatic rings. The minimum absolute atomic E-state index is 0. The summed E-state index contributed by atoms with van der Waals surface area (Å²) in [5, 5.41) is 14.5. The second-order valence-electron chi connectivity index (χ2n) is 7.00. The Morgan fingerprint density at radius 1 is 1.36 bits per heavy atom. The number of carbonyl (C=O) groups is 2. The Morgan fingerprint density at radius 2 is 2.00 bits per heavy atom. The number of hydrogen-bond donors (Lipinski definition) is 4. The Bertz CT molecular complexity index is 695. The molecule has 0 radical (unpaired) electrons. The van der Waals surface area contributed by atoms with Crippen LogP contribution in [0.15, 0.2) is 29.4 Å². The zero-order chi connectivity index (χ0) is 20.0. The Hall–Kier alpha value is -2.32. The van der Waals surface area contributed by atoms with Gasteiger partial charge in [0, 0.05) is 18.7 Å². The number of amides is 2. The summed E-state index contributed by atoms with van der Waals surface area (Å²) in [7, 11) is 0. The van der Waals surface area contributed by atoms with E-state index in [1.165, 1.54) is 0 Å². The average Bonchev–Trinajstić information content (AvgIpc) is 3.19. The molecule has 8 nitrogen and oxygen atoms in total. The van der Waals surface area contributed by atoms with Gasteiger partial charge in [0.15, 0.2) is 5.84 Å². The predicted molar refractivity (Wildman–Crippen MR) is 110 cm³/mol. The van der Waals surface area contributed by atoms with Gasteiger partial charge in [0.1, 0.15) is 6.04 Å². The van der Waals surface area contributed by atoms with Crippen LogP contribution in [0.1, 0.15) is 44.2 Å². The summed E-state index contributed by atoms with van der Waals surface area (Å²) in [5.41, 5.74) is 13.1. The summed E-state index contributed by atoms with van der Waals surface area (Å²) in [6.45, 7) is 4.85. The van der Waals surface area contributed by atoms with Crippen molar-refractivity contribution in [3.63, 3.8) is 0 Å². The molecule has 2 unspecified atom stereocenters. The quantitative estimate of drug-likeness (QED) is 0.231. The van der Waals surface area contributed by atoms with Crippen molar-refractivity contribution >= 4 is 30.1 Å². The number of carbonyl (C=O) groups excluding carboxylic acids is 2. The monoisotopic (exact) mass is 411 g/mol. The van der Waals surface area contributed by atoms with Crippen molar-refractivity contribution in [1.82, 2.24) is 10.2 Å². The fourth-order valence-corrected chi connectivity index (χ4v) is 3.15. The number of halogens is 1. The van der Waals surface area contributed by atoms with Crippen LogP contribution < -0.4 is 16.8 Å². The van der Waals surface area contributed by atoms with E-state index in [2.05, 4.69) is 10.5 Å². The summed E-state index contributed by atoms with van der Waals surface area (Å²) in [5.74, 6) is -0.207. The minimum atomic E-state index is -0.574. The van der Waals surface area contributed by atoms with Gasteiger partial charge in [0.05, 0.1) is 6.04 Å². The number of nitrogens with zero attached hydrogens (tertiary/aromatic N) is 2. The highest BCUT2D eigenvalue weighted by Crippen LogP contribution is 2.20. The lowest BCUT2D eigenvalue weighted by Gasteiger charge is -2.28. The number of nitrogens with one attached hydrogen (secondary N) is 1. The van der Waals surface area contributed by atoms with Gasteiger partial charge in [-0.15, -0.1) is 12.4 Å². The zero-order valence-electron chi connectivity index (χ0n) is 16.3. The Morgan fingerprint density at radius 3 is 2.57 bits per heavy atom. The third-order valence-electron chi connectivity index (χ3n) is 5.20. The van der Waals surface area contributed by atoms with Crippen LogP contribution in [-0.2, 0) is 16.1 Å². The summed E-state index contributed by atoms with van der Waals surface area (Å²) >= 11 is 0. The molecule has 2 amide bonds. The molecule has 1 fully saturated rings. The van der Waals surface area contributed by atoms with Gasteiger partial charge >= 0.3 is 0 Å². The average molecular weight is 412 g/mol. The second-order valence-corrected chi connectivity index (χ2v) is 7.00. The third-order valence-corrected chi connectivity index (χ3v) is 5.20. The van der Waals surface area contributed by atoms with Gasteiger partial charge in [-0.1, -0.05) is 49.7 Å². The Kier molecular flexibility index (Phi) is 9.21. The van der Waals surface area contributed by atoms with Gasteiger partial charge < -0.3 is 26.9 Å². The van der Waals surface area contributed by atoms with Crippen molar-refractivity contribution in [3.05, 3.63) is 35.4 Å². The molecule has 9 heteroatoms. The van der Waals surface area contributed by atoms with E-state index >= 15 is 0 Å². The molecule has 0 spiro atoms. The van der Waals surface area contributed by atoms with Crippen LogP contribution in [-0.4, -0.2) is 46.4 Å². The molecule has 156 valence electrons. The fourth-order valence-electron chi connectivity index (χ4n) is 3.15. The van der Waals surface area contributed by atoms with Crippen LogP contribution in [0.3, 0.4) is 0 Å². The number of oxime groups is 1. The van der Waals surface area contributed by atoms with E-state index in [9.17, 15) is 9.59 Å². The zero-order valence-corrected chi connectivity index (χ0v) is 17.1. The van der Waals surface area contributed by atoms with Crippen molar-refractivity contribution in [3.8, 4) is 0 Å². The molecule has 1 saturated heterocycles. The van der Waals surface area contributed by atoms with Crippen molar-refractivity contribution < 1.29 is 14.8 Å². The highest BCUT2D eigenvalue weighted by Gasteiger charge is 2.37. The molecule has 0 aromatic heterocycles. The summed E-state index contributed by atoms with van der Waals surface area (Å²) in [4.78, 5) is 26.9. The van der Waals surface area contributed by atoms with E-state index in [0.29, 0.717) is 25.1 Å². The van der Waals surface area contributed by atoms with Gasteiger partial charge in [-0.2, -0.15) is 0 Å². The van der Waals surface area contributed by atoms with E-state index in [1.54, 1.807) is 29.2 Å². The first-order valence-electron chi connectivity index (χ1n) is 9.29. The fraction of sp³-hybridized carbons (Fsp3) is 0.526. The van der Waals surface area contributed by atoms with Crippen LogP contribution in [0, 0.1) is 5.92 Å². The number of benzene rings is 1. The lowest BCUT2D eigenvalue weighted by molar-refractivity contribution is -0.140. The normalized spacial score (nSPS) is 18.9. The van der Waals surface area contributed by atoms with Crippen LogP contribution in [0.2, 0.25) is 0 Å². The molecule has 1 heterocycles. The molecule has 0 bridgehead atoms. The molecule has 0 saturated carbocycles. The predicted octanol–water partition coefficient (Wildman–Crippen LogP) is 1.18. The number of hydrogen-bond acceptors (Lipinski definition) is 5. The molecule has 6 N–H and O–H groups in total. The topological polar surface area (TPSA) is 134 Å². The van der Waals surface area contributed by atoms with Crippen LogP contribution in [0.5, 0.6) is 0 Å². The first kappa shape index (κ1) is 23.7. The summed E-state index contributed by atoms with van der Waals surface area (Å²) in [6.07, 6.45) is 2.26. The number of rotatable bonds is 7. The van der Waals surface area contributed by atoms with Gasteiger partial charge in [0.25, 0.3) is 0 Å². The van der Waals surface area contributed by atoms with E-state index in [-0.39, 0.29) is 36.0 Å². The van der Waals surface area contributed by atoms with E-state index < -0.39 is 12.1 Å². The van der Waals surface area contributed by atoms with E-state index in [0.717, 1.165) is 18.4 Å². The lowest BCUT2D eigenvalue weighted by Crippen LogP contribution is -2.52. The first-order valence-corrected chi connectivity index (χ1v) is 9.29. The molecule has 28 heavy (non-hydrogen) atoms. The molecule has 3 atom stereocenters. The lowest BCUT2D eigenvalue weighted by atomic mass is 9.98. The van der Waals surface area contributed by atoms with Crippen molar-refractivity contribution in [2.45, 2.75) is 51.7 Å². The highest BCUT2D eigenvalue weighted by atomic mass is 35.5. The molecule has 0 aliphatic carbocycles. The van der Waals surface area contributed by atoms with Crippen LogP contribution in [0.25, 0.3) is 0 Å². The number of amidine groups is 1. The smallest absolute Gasteiger partial charge is 0.243 e. The largest absolute Gasteiger partial charge is 0.409 e. The van der Waals surface area contributed by atoms with Crippen LogP contribution >= 0.6 is 12.4 Å². The molecular weight excluding hydrogens is 382 g/mol. The minimum Gasteiger partial charge on any atom is -0.409 e. The van der Waals surface area contributed by atoms with Crippen LogP contribution in [0.4, 0.5) is 0 Å². The van der Waals surface area contributed by atoms with E-state index in [1.807, 2.05) is 13.8 Å². The molecule has 1 aromatic carbocycles. The van der Waals surface area contributed by atoms with Gasteiger partial charge in [0.2, 0.25) is 11.8 Å². The SMILES string of the molecule is CCC(C)C(N)C(=O)N1CCC[C@H]1C(=O)NCc1ccc(C(N)=NO)cc1.Cl. The highest BCUT2D eigenvalue weighted by molar-refractivity contribution is 5.97. The van der Waals surface area contributed by atoms with E-state index in [4.69, 9.17) is 16.7 Å². The summed E-state index contributed by atoms with van der Waals surface area (Å²) in [6, 6.07) is 5.98. The second kappa shape index (κ2) is 10.9. The first-order chi connectivity index (χ1) is 12.9. The summed E-state index contributed by atoms with van der Waals surface area (Å²) < 4.78 is 0. The van der Waals surface area contributed by atoms with Crippen molar-refractivity contribution in [2.75, 3.05) is 6.54 Å². The Labute approximate surface area is 171 Å². The third kappa shape index (κ3) is 5.59. The molecule has 2 rings (SSSR count). The number of nitrogens with two attached hydrogens (primary N) is 2. The Balaban J connectivity index is 0.00000392. The molecule has 1 aliphatic rings. The maximum absolute atomic E-state index is 12.6. The number of likely N-dealkylation sites (tertiary alicyclic amines) is 1. The van der Waals surface area contributed by atoms with Gasteiger partial charge in [-0.25, -0.2) is 0 Å². The molecular formula is C19H30ClN5O3. The van der Waals surface area contributed by atoms with Crippen molar-refractivity contribution in [2.24, 2.45) is 22.5 Å². The van der Waals surface area contributed by atoms with Gasteiger partial charge in [-0.3, -0.25) is 9.59 Å². The van der Waals surface area contributed by atoms with Gasteiger partial charge in [-0.05, 0) is 24.3 Å². The van der Waals surface area contributed by atoms with Crippen molar-refractivity contribution in [1.29, 1.82) is 0 Å². The standard InChI is InChI=1S/C19H29N5O3.ClH/c1-3-12(2)16(20)19(26)24-10-4-5-15(24)18(25)22-11-13-6-8-14(9-7-13)17(21)23-27;/h6-9,12,15-16,27H,3-5,10-11,20H2,1-2H3,(H2,21,23)(H,22,25);1H/t12?,15-,16?;/m0./s1.